The van der Waals surface area contributed by atoms with Crippen LogP contribution in [0.1, 0.15) is 13.8 Å². The van der Waals surface area contributed by atoms with Crippen LogP contribution < -0.4 is 15.2 Å². The van der Waals surface area contributed by atoms with E-state index in [4.69, 9.17) is 15.2 Å². The lowest BCUT2D eigenvalue weighted by molar-refractivity contribution is 0.194. The van der Waals surface area contributed by atoms with E-state index in [0.717, 1.165) is 37.7 Å². The summed E-state index contributed by atoms with van der Waals surface area (Å²) in [4.78, 5) is 2.35. The van der Waals surface area contributed by atoms with Gasteiger partial charge in [0.2, 0.25) is 0 Å². The minimum atomic E-state index is 0.520. The number of benzene rings is 1. The van der Waals surface area contributed by atoms with Crippen molar-refractivity contribution in [1.82, 2.24) is 4.90 Å². The highest BCUT2D eigenvalue weighted by molar-refractivity contribution is 5.39. The highest BCUT2D eigenvalue weighted by Crippen LogP contribution is 2.25. The van der Waals surface area contributed by atoms with Gasteiger partial charge in [0.25, 0.3) is 0 Å². The molecule has 1 rings (SSSR count). The number of hydrogen-bond acceptors (Lipinski definition) is 4. The van der Waals surface area contributed by atoms with Gasteiger partial charge >= 0.3 is 0 Å². The second-order valence-electron chi connectivity index (χ2n) is 4.73. The van der Waals surface area contributed by atoms with Crippen LogP contribution in [0.25, 0.3) is 0 Å². The molecule has 4 nitrogen and oxygen atoms in total. The molecular formula is C15H26N2O2. The molecule has 4 heteroatoms. The summed E-state index contributed by atoms with van der Waals surface area (Å²) in [6.07, 6.45) is 0. The van der Waals surface area contributed by atoms with Crippen LogP contribution in [0, 0.1) is 5.92 Å². The molecule has 1 aromatic carbocycles. The second kappa shape index (κ2) is 8.77. The number of likely N-dealkylation sites (N-methyl/N-ethyl adjacent to an activating group) is 1. The van der Waals surface area contributed by atoms with E-state index in [1.165, 1.54) is 0 Å². The quantitative estimate of drug-likeness (QED) is 0.742. The maximum absolute atomic E-state index is 5.78. The Bertz CT molecular complexity index is 358. The minimum absolute atomic E-state index is 0.520. The van der Waals surface area contributed by atoms with Gasteiger partial charge in [-0.3, -0.25) is 4.90 Å². The smallest absolute Gasteiger partial charge is 0.161 e. The van der Waals surface area contributed by atoms with E-state index in [2.05, 4.69) is 18.7 Å². The van der Waals surface area contributed by atoms with Crippen LogP contribution >= 0.6 is 0 Å². The van der Waals surface area contributed by atoms with Gasteiger partial charge in [-0.1, -0.05) is 26.0 Å². The maximum atomic E-state index is 5.78. The van der Waals surface area contributed by atoms with E-state index < -0.39 is 0 Å². The van der Waals surface area contributed by atoms with Gasteiger partial charge in [-0.25, -0.2) is 0 Å². The third kappa shape index (κ3) is 5.49. The highest BCUT2D eigenvalue weighted by atomic mass is 16.5. The van der Waals surface area contributed by atoms with E-state index in [1.807, 2.05) is 24.3 Å². The third-order valence-electron chi connectivity index (χ3n) is 3.15. The molecule has 1 aromatic rings. The fourth-order valence-corrected chi connectivity index (χ4v) is 1.92. The summed E-state index contributed by atoms with van der Waals surface area (Å²) in [7, 11) is 1.66. The average Bonchev–Trinajstić information content (AvgIpc) is 2.46. The number of methoxy groups -OCH3 is 1. The Morgan fingerprint density at radius 2 is 1.95 bits per heavy atom. The Hall–Kier alpha value is -1.26. The van der Waals surface area contributed by atoms with Crippen LogP contribution in [-0.2, 0) is 0 Å². The van der Waals surface area contributed by atoms with Gasteiger partial charge in [0.1, 0.15) is 6.61 Å². The molecule has 0 aliphatic carbocycles. The van der Waals surface area contributed by atoms with Gasteiger partial charge in [0.15, 0.2) is 11.5 Å². The first-order valence-electron chi connectivity index (χ1n) is 6.89. The molecule has 0 aliphatic heterocycles. The van der Waals surface area contributed by atoms with Crippen molar-refractivity contribution >= 4 is 0 Å². The van der Waals surface area contributed by atoms with Gasteiger partial charge in [0, 0.05) is 13.1 Å². The first-order valence-corrected chi connectivity index (χ1v) is 6.89. The number of nitrogens with zero attached hydrogens (tertiary/aromatic N) is 1. The second-order valence-corrected chi connectivity index (χ2v) is 4.73. The molecule has 0 bridgehead atoms. The van der Waals surface area contributed by atoms with Gasteiger partial charge in [0.05, 0.1) is 7.11 Å². The van der Waals surface area contributed by atoms with Gasteiger partial charge < -0.3 is 15.2 Å². The van der Waals surface area contributed by atoms with Crippen molar-refractivity contribution in [2.45, 2.75) is 13.8 Å². The zero-order valence-corrected chi connectivity index (χ0v) is 12.3. The summed E-state index contributed by atoms with van der Waals surface area (Å²) in [5, 5.41) is 0. The van der Waals surface area contributed by atoms with Crippen LogP contribution in [0.2, 0.25) is 0 Å². The normalized spacial score (nSPS) is 12.5. The third-order valence-corrected chi connectivity index (χ3v) is 3.15. The summed E-state index contributed by atoms with van der Waals surface area (Å²) in [6, 6.07) is 7.72. The zero-order chi connectivity index (χ0) is 14.1. The summed E-state index contributed by atoms with van der Waals surface area (Å²) < 4.78 is 11.0. The first kappa shape index (κ1) is 15.8. The molecule has 0 saturated carbocycles. The fraction of sp³-hybridized carbons (Fsp3) is 0.600. The van der Waals surface area contributed by atoms with Gasteiger partial charge in [-0.15, -0.1) is 0 Å². The van der Waals surface area contributed by atoms with Gasteiger partial charge in [-0.05, 0) is 31.1 Å². The van der Waals surface area contributed by atoms with Crippen molar-refractivity contribution < 1.29 is 9.47 Å². The molecule has 1 atom stereocenters. The van der Waals surface area contributed by atoms with E-state index in [1.54, 1.807) is 7.11 Å². The predicted octanol–water partition coefficient (Wildman–Crippen LogP) is 1.99. The van der Waals surface area contributed by atoms with Crippen molar-refractivity contribution in [3.05, 3.63) is 24.3 Å². The predicted molar refractivity (Wildman–Crippen MR) is 78.8 cm³/mol. The molecule has 0 amide bonds. The van der Waals surface area contributed by atoms with E-state index in [-0.39, 0.29) is 0 Å². The van der Waals surface area contributed by atoms with Crippen molar-refractivity contribution in [3.63, 3.8) is 0 Å². The van der Waals surface area contributed by atoms with Crippen molar-refractivity contribution in [1.29, 1.82) is 0 Å². The lowest BCUT2D eigenvalue weighted by Gasteiger charge is -2.23. The molecule has 2 N–H and O–H groups in total. The number of hydrogen-bond donors (Lipinski definition) is 1. The molecular weight excluding hydrogens is 240 g/mol. The van der Waals surface area contributed by atoms with Crippen LogP contribution in [-0.4, -0.2) is 44.8 Å². The SMILES string of the molecule is CCN(CCOc1ccccc1OC)CC(C)CN. The average molecular weight is 266 g/mol. The van der Waals surface area contributed by atoms with Crippen molar-refractivity contribution in [3.8, 4) is 11.5 Å². The molecule has 0 fully saturated rings. The van der Waals surface area contributed by atoms with Crippen molar-refractivity contribution in [2.24, 2.45) is 11.7 Å². The Morgan fingerprint density at radius 1 is 1.26 bits per heavy atom. The summed E-state index contributed by atoms with van der Waals surface area (Å²) in [6.45, 7) is 8.65. The minimum Gasteiger partial charge on any atom is -0.493 e. The molecule has 0 spiro atoms. The number of rotatable bonds is 9. The summed E-state index contributed by atoms with van der Waals surface area (Å²) in [5.41, 5.74) is 5.66. The first-order chi connectivity index (χ1) is 9.21. The van der Waals surface area contributed by atoms with E-state index in [0.29, 0.717) is 12.5 Å². The number of para-hydroxylation sites is 2. The molecule has 0 aliphatic rings. The Labute approximate surface area is 116 Å². The van der Waals surface area contributed by atoms with Crippen LogP contribution in [0.4, 0.5) is 0 Å². The molecule has 1 unspecified atom stereocenters. The monoisotopic (exact) mass is 266 g/mol. The Kier molecular flexibility index (Phi) is 7.30. The highest BCUT2D eigenvalue weighted by Gasteiger charge is 2.08. The van der Waals surface area contributed by atoms with Crippen molar-refractivity contribution in [2.75, 3.05) is 39.9 Å². The standard InChI is InChI=1S/C15H26N2O2/c1-4-17(12-13(2)11-16)9-10-19-15-8-6-5-7-14(15)18-3/h5-8,13H,4,9-12,16H2,1-3H3. The molecule has 0 radical (unpaired) electrons. The maximum Gasteiger partial charge on any atom is 0.161 e. The Balaban J connectivity index is 2.39. The Morgan fingerprint density at radius 3 is 2.53 bits per heavy atom. The van der Waals surface area contributed by atoms with Crippen LogP contribution in [0.15, 0.2) is 24.3 Å². The lowest BCUT2D eigenvalue weighted by Crippen LogP contribution is -2.34. The topological polar surface area (TPSA) is 47.7 Å². The molecule has 0 heterocycles. The molecule has 0 aromatic heterocycles. The van der Waals surface area contributed by atoms with E-state index in [9.17, 15) is 0 Å². The number of nitrogens with two attached hydrogens (primary N) is 1. The largest absolute Gasteiger partial charge is 0.493 e. The van der Waals surface area contributed by atoms with E-state index >= 15 is 0 Å². The fourth-order valence-electron chi connectivity index (χ4n) is 1.92. The molecule has 108 valence electrons. The lowest BCUT2D eigenvalue weighted by atomic mass is 10.2. The number of ether oxygens (including phenoxy) is 2. The van der Waals surface area contributed by atoms with Crippen LogP contribution in [0.3, 0.4) is 0 Å². The molecule has 0 saturated heterocycles. The van der Waals surface area contributed by atoms with Gasteiger partial charge in [-0.2, -0.15) is 0 Å². The summed E-state index contributed by atoms with van der Waals surface area (Å²) in [5.74, 6) is 2.10. The summed E-state index contributed by atoms with van der Waals surface area (Å²) >= 11 is 0. The zero-order valence-electron chi connectivity index (χ0n) is 12.3. The van der Waals surface area contributed by atoms with Crippen LogP contribution in [0.5, 0.6) is 11.5 Å². The molecule has 19 heavy (non-hydrogen) atoms.